The van der Waals surface area contributed by atoms with Gasteiger partial charge in [-0.15, -0.1) is 0 Å². The number of halogens is 2. The molecule has 94 valence electrons. The summed E-state index contributed by atoms with van der Waals surface area (Å²) < 4.78 is 0.855. The minimum Gasteiger partial charge on any atom is -0.393 e. The fraction of sp³-hybridized carbons (Fsp3) is 0.417. The van der Waals surface area contributed by atoms with Gasteiger partial charge in [0.1, 0.15) is 0 Å². The van der Waals surface area contributed by atoms with E-state index in [0.717, 1.165) is 3.57 Å². The van der Waals surface area contributed by atoms with Crippen LogP contribution in [0.4, 0.5) is 0 Å². The maximum Gasteiger partial charge on any atom is 0.252 e. The van der Waals surface area contributed by atoms with E-state index in [4.69, 9.17) is 11.6 Å². The van der Waals surface area contributed by atoms with Crippen molar-refractivity contribution in [3.8, 4) is 0 Å². The second-order valence-electron chi connectivity index (χ2n) is 4.08. The van der Waals surface area contributed by atoms with Crippen molar-refractivity contribution in [2.75, 3.05) is 0 Å². The molecule has 1 amide bonds. The lowest BCUT2D eigenvalue weighted by Crippen LogP contribution is -2.35. The summed E-state index contributed by atoms with van der Waals surface area (Å²) in [5.74, 6) is -0.162. The second-order valence-corrected chi connectivity index (χ2v) is 5.68. The zero-order valence-electron chi connectivity index (χ0n) is 9.71. The molecule has 17 heavy (non-hydrogen) atoms. The van der Waals surface area contributed by atoms with Crippen LogP contribution in [0.15, 0.2) is 18.2 Å². The maximum atomic E-state index is 12.0. The van der Waals surface area contributed by atoms with Crippen LogP contribution in [0.25, 0.3) is 0 Å². The first-order valence-electron chi connectivity index (χ1n) is 5.34. The maximum absolute atomic E-state index is 12.0. The fourth-order valence-corrected chi connectivity index (χ4v) is 2.30. The Labute approximate surface area is 120 Å². The van der Waals surface area contributed by atoms with Gasteiger partial charge in [-0.05, 0) is 61.1 Å². The Kier molecular flexibility index (Phi) is 5.69. The molecule has 5 heteroatoms. The molecule has 0 saturated heterocycles. The SMILES string of the molecule is CC(O)CC(C)NC(=O)c1cc(Cl)ccc1I. The quantitative estimate of drug-likeness (QED) is 0.804. The minimum atomic E-state index is -0.427. The number of carbonyl (C=O) groups is 1. The summed E-state index contributed by atoms with van der Waals surface area (Å²) in [6.45, 7) is 3.56. The normalized spacial score (nSPS) is 14.2. The van der Waals surface area contributed by atoms with Crippen molar-refractivity contribution in [3.05, 3.63) is 32.4 Å². The molecule has 0 aliphatic rings. The van der Waals surface area contributed by atoms with Gasteiger partial charge >= 0.3 is 0 Å². The third-order valence-electron chi connectivity index (χ3n) is 2.25. The van der Waals surface area contributed by atoms with Crippen molar-refractivity contribution in [1.82, 2.24) is 5.32 Å². The van der Waals surface area contributed by atoms with Crippen LogP contribution in [0.2, 0.25) is 5.02 Å². The smallest absolute Gasteiger partial charge is 0.252 e. The predicted molar refractivity (Wildman–Crippen MR) is 77.4 cm³/mol. The molecule has 0 heterocycles. The van der Waals surface area contributed by atoms with E-state index in [1.54, 1.807) is 25.1 Å². The minimum absolute atomic E-state index is 0.0720. The predicted octanol–water partition coefficient (Wildman–Crippen LogP) is 2.83. The first kappa shape index (κ1) is 14.7. The van der Waals surface area contributed by atoms with Crippen molar-refractivity contribution in [1.29, 1.82) is 0 Å². The van der Waals surface area contributed by atoms with E-state index < -0.39 is 6.10 Å². The lowest BCUT2D eigenvalue weighted by molar-refractivity contribution is 0.0922. The summed E-state index contributed by atoms with van der Waals surface area (Å²) in [5, 5.41) is 12.6. The molecule has 2 N–H and O–H groups in total. The average molecular weight is 368 g/mol. The summed E-state index contributed by atoms with van der Waals surface area (Å²) >= 11 is 7.95. The monoisotopic (exact) mass is 367 g/mol. The van der Waals surface area contributed by atoms with Crippen molar-refractivity contribution in [2.45, 2.75) is 32.4 Å². The number of amides is 1. The zero-order valence-corrected chi connectivity index (χ0v) is 12.6. The number of hydrogen-bond donors (Lipinski definition) is 2. The Morgan fingerprint density at radius 2 is 2.18 bits per heavy atom. The second kappa shape index (κ2) is 6.56. The summed E-state index contributed by atoms with van der Waals surface area (Å²) in [6.07, 6.45) is 0.104. The van der Waals surface area contributed by atoms with Gasteiger partial charge in [-0.2, -0.15) is 0 Å². The third kappa shape index (κ3) is 4.81. The lowest BCUT2D eigenvalue weighted by Gasteiger charge is -2.16. The molecule has 0 saturated carbocycles. The standard InChI is InChI=1S/C12H15ClINO2/c1-7(5-8(2)16)15-12(17)10-6-9(13)3-4-11(10)14/h3-4,6-8,16H,5H2,1-2H3,(H,15,17). The molecule has 1 aromatic rings. The molecule has 2 unspecified atom stereocenters. The number of carbonyl (C=O) groups excluding carboxylic acids is 1. The average Bonchev–Trinajstić information content (AvgIpc) is 2.20. The van der Waals surface area contributed by atoms with Crippen molar-refractivity contribution in [2.24, 2.45) is 0 Å². The number of benzene rings is 1. The lowest BCUT2D eigenvalue weighted by atomic mass is 10.1. The summed E-state index contributed by atoms with van der Waals surface area (Å²) in [4.78, 5) is 12.0. The van der Waals surface area contributed by atoms with Crippen LogP contribution < -0.4 is 5.32 Å². The van der Waals surface area contributed by atoms with Crippen LogP contribution in [-0.4, -0.2) is 23.2 Å². The topological polar surface area (TPSA) is 49.3 Å². The molecule has 1 rings (SSSR count). The molecule has 0 aliphatic carbocycles. The number of rotatable bonds is 4. The molecular weight excluding hydrogens is 352 g/mol. The van der Waals surface area contributed by atoms with E-state index in [0.29, 0.717) is 17.0 Å². The van der Waals surface area contributed by atoms with Gasteiger partial charge < -0.3 is 10.4 Å². The Morgan fingerprint density at radius 1 is 1.53 bits per heavy atom. The number of aliphatic hydroxyl groups is 1. The van der Waals surface area contributed by atoms with Crippen LogP contribution >= 0.6 is 34.2 Å². The van der Waals surface area contributed by atoms with E-state index in [1.165, 1.54) is 0 Å². The highest BCUT2D eigenvalue weighted by atomic mass is 127. The van der Waals surface area contributed by atoms with Gasteiger partial charge in [0.15, 0.2) is 0 Å². The molecule has 0 bridgehead atoms. The number of hydrogen-bond acceptors (Lipinski definition) is 2. The molecule has 2 atom stereocenters. The van der Waals surface area contributed by atoms with E-state index in [1.807, 2.05) is 6.92 Å². The first-order valence-corrected chi connectivity index (χ1v) is 6.79. The van der Waals surface area contributed by atoms with Gasteiger partial charge in [-0.1, -0.05) is 11.6 Å². The van der Waals surface area contributed by atoms with Gasteiger partial charge in [0.25, 0.3) is 5.91 Å². The Balaban J connectivity index is 2.73. The third-order valence-corrected chi connectivity index (χ3v) is 3.42. The Bertz CT molecular complexity index is 409. The van der Waals surface area contributed by atoms with Crippen LogP contribution in [0.3, 0.4) is 0 Å². The Morgan fingerprint density at radius 3 is 2.76 bits per heavy atom. The Hall–Kier alpha value is -0.330. The summed E-state index contributed by atoms with van der Waals surface area (Å²) in [7, 11) is 0. The first-order chi connectivity index (χ1) is 7.90. The summed E-state index contributed by atoms with van der Waals surface area (Å²) in [5.41, 5.74) is 0.565. The van der Waals surface area contributed by atoms with E-state index >= 15 is 0 Å². The number of nitrogens with one attached hydrogen (secondary N) is 1. The van der Waals surface area contributed by atoms with Crippen molar-refractivity contribution < 1.29 is 9.90 Å². The fourth-order valence-electron chi connectivity index (χ4n) is 1.54. The van der Waals surface area contributed by atoms with E-state index in [-0.39, 0.29) is 11.9 Å². The highest BCUT2D eigenvalue weighted by Gasteiger charge is 2.14. The van der Waals surface area contributed by atoms with Gasteiger partial charge in [-0.25, -0.2) is 0 Å². The van der Waals surface area contributed by atoms with Gasteiger partial charge in [-0.3, -0.25) is 4.79 Å². The zero-order chi connectivity index (χ0) is 13.0. The van der Waals surface area contributed by atoms with Crippen molar-refractivity contribution >= 4 is 40.1 Å². The van der Waals surface area contributed by atoms with Crippen molar-refractivity contribution in [3.63, 3.8) is 0 Å². The highest BCUT2D eigenvalue weighted by Crippen LogP contribution is 2.18. The van der Waals surface area contributed by atoms with Crippen LogP contribution in [0.5, 0.6) is 0 Å². The van der Waals surface area contributed by atoms with Gasteiger partial charge in [0.2, 0.25) is 0 Å². The molecule has 0 spiro atoms. The molecule has 0 aromatic heterocycles. The van der Waals surface area contributed by atoms with Gasteiger partial charge in [0.05, 0.1) is 11.7 Å². The van der Waals surface area contributed by atoms with Crippen LogP contribution in [0, 0.1) is 3.57 Å². The summed E-state index contributed by atoms with van der Waals surface area (Å²) in [6, 6.07) is 5.13. The van der Waals surface area contributed by atoms with E-state index in [2.05, 4.69) is 27.9 Å². The molecule has 3 nitrogen and oxygen atoms in total. The van der Waals surface area contributed by atoms with E-state index in [9.17, 15) is 9.90 Å². The largest absolute Gasteiger partial charge is 0.393 e. The number of aliphatic hydroxyl groups excluding tert-OH is 1. The molecule has 0 aliphatic heterocycles. The molecule has 0 fully saturated rings. The van der Waals surface area contributed by atoms with Crippen LogP contribution in [0.1, 0.15) is 30.6 Å². The molecule has 1 aromatic carbocycles. The van der Waals surface area contributed by atoms with Gasteiger partial charge in [0, 0.05) is 14.6 Å². The molecular formula is C12H15ClINO2. The highest BCUT2D eigenvalue weighted by molar-refractivity contribution is 14.1. The van der Waals surface area contributed by atoms with Crippen LogP contribution in [-0.2, 0) is 0 Å². The molecule has 0 radical (unpaired) electrons.